The number of rotatable bonds is 5. The summed E-state index contributed by atoms with van der Waals surface area (Å²) in [4.78, 5) is 24.1. The van der Waals surface area contributed by atoms with Gasteiger partial charge in [0.05, 0.1) is 16.4 Å². The smallest absolute Gasteiger partial charge is 0.336 e. The third-order valence-corrected chi connectivity index (χ3v) is 8.49. The molecule has 1 aliphatic rings. The van der Waals surface area contributed by atoms with E-state index >= 15 is 0 Å². The van der Waals surface area contributed by atoms with E-state index in [-0.39, 0.29) is 28.4 Å². The van der Waals surface area contributed by atoms with Crippen LogP contribution in [0.3, 0.4) is 0 Å². The van der Waals surface area contributed by atoms with Gasteiger partial charge in [-0.05, 0) is 55.3 Å². The Kier molecular flexibility index (Phi) is 5.65. The summed E-state index contributed by atoms with van der Waals surface area (Å²) in [5.41, 5.74) is 1.25. The molecule has 0 saturated carbocycles. The van der Waals surface area contributed by atoms with Crippen LogP contribution in [0.4, 0.5) is 5.69 Å². The Bertz CT molecular complexity index is 1470. The van der Waals surface area contributed by atoms with Crippen LogP contribution in [-0.4, -0.2) is 40.3 Å². The van der Waals surface area contributed by atoms with Gasteiger partial charge in [-0.3, -0.25) is 4.79 Å². The van der Waals surface area contributed by atoms with Gasteiger partial charge in [-0.25, -0.2) is 26.4 Å². The minimum atomic E-state index is -3.92. The first kappa shape index (κ1) is 22.2. The zero-order chi connectivity index (χ0) is 23.1. The second-order valence-electron chi connectivity index (χ2n) is 7.66. The van der Waals surface area contributed by atoms with Crippen molar-refractivity contribution in [2.45, 2.75) is 24.3 Å². The molecule has 0 spiro atoms. The summed E-state index contributed by atoms with van der Waals surface area (Å²) in [7, 11) is -7.14. The van der Waals surface area contributed by atoms with Gasteiger partial charge in [0.2, 0.25) is 10.0 Å². The standard InChI is InChI=1S/C21H20N2O7S2/c1-13-10-20(24)30-19-11-15(4-7-18(13)19)22-21(25)14-2-5-17(6-3-14)32(28,29)23-16-8-9-31(26,27)12-16/h2-7,10-11,16,23H,8-9,12H2,1H3,(H,22,25). The number of benzene rings is 2. The average Bonchev–Trinajstić information content (AvgIpc) is 3.05. The van der Waals surface area contributed by atoms with Crippen molar-refractivity contribution in [1.29, 1.82) is 0 Å². The molecule has 1 amide bonds. The third-order valence-electron chi connectivity index (χ3n) is 5.19. The molecule has 0 aliphatic carbocycles. The zero-order valence-corrected chi connectivity index (χ0v) is 18.6. The Morgan fingerprint density at radius 1 is 1.09 bits per heavy atom. The number of aryl methyl sites for hydroxylation is 1. The van der Waals surface area contributed by atoms with Crippen LogP contribution in [0.25, 0.3) is 11.0 Å². The van der Waals surface area contributed by atoms with E-state index in [2.05, 4.69) is 10.0 Å². The first-order valence-electron chi connectivity index (χ1n) is 9.71. The van der Waals surface area contributed by atoms with Gasteiger partial charge in [0.15, 0.2) is 9.84 Å². The lowest BCUT2D eigenvalue weighted by Crippen LogP contribution is -2.35. The predicted octanol–water partition coefficient (Wildman–Crippen LogP) is 1.82. The molecular formula is C21H20N2O7S2. The SMILES string of the molecule is Cc1cc(=O)oc2cc(NC(=O)c3ccc(S(=O)(=O)NC4CCS(=O)(=O)C4)cc3)ccc12. The summed E-state index contributed by atoms with van der Waals surface area (Å²) < 4.78 is 55.7. The van der Waals surface area contributed by atoms with Crippen LogP contribution in [-0.2, 0) is 19.9 Å². The lowest BCUT2D eigenvalue weighted by atomic mass is 10.1. The van der Waals surface area contributed by atoms with E-state index in [1.54, 1.807) is 25.1 Å². The summed E-state index contributed by atoms with van der Waals surface area (Å²) in [6.45, 7) is 1.79. The van der Waals surface area contributed by atoms with Crippen LogP contribution in [0.2, 0.25) is 0 Å². The molecular weight excluding hydrogens is 456 g/mol. The minimum Gasteiger partial charge on any atom is -0.423 e. The summed E-state index contributed by atoms with van der Waals surface area (Å²) in [5.74, 6) is -0.743. The van der Waals surface area contributed by atoms with Gasteiger partial charge in [-0.15, -0.1) is 0 Å². The average molecular weight is 477 g/mol. The Balaban J connectivity index is 1.48. The highest BCUT2D eigenvalue weighted by molar-refractivity contribution is 7.92. The maximum atomic E-state index is 12.6. The largest absolute Gasteiger partial charge is 0.423 e. The van der Waals surface area contributed by atoms with Crippen LogP contribution < -0.4 is 15.7 Å². The van der Waals surface area contributed by atoms with Gasteiger partial charge in [0, 0.05) is 34.8 Å². The van der Waals surface area contributed by atoms with E-state index in [0.717, 1.165) is 10.9 Å². The Morgan fingerprint density at radius 2 is 1.81 bits per heavy atom. The lowest BCUT2D eigenvalue weighted by molar-refractivity contribution is 0.102. The van der Waals surface area contributed by atoms with Gasteiger partial charge in [0.25, 0.3) is 5.91 Å². The van der Waals surface area contributed by atoms with Gasteiger partial charge >= 0.3 is 5.63 Å². The molecule has 1 saturated heterocycles. The number of fused-ring (bicyclic) bond motifs is 1. The minimum absolute atomic E-state index is 0.0446. The van der Waals surface area contributed by atoms with Crippen molar-refractivity contribution >= 4 is 42.4 Å². The molecule has 1 unspecified atom stereocenters. The summed E-state index contributed by atoms with van der Waals surface area (Å²) >= 11 is 0. The summed E-state index contributed by atoms with van der Waals surface area (Å²) in [6, 6.07) is 11.0. The fourth-order valence-electron chi connectivity index (χ4n) is 3.57. The monoisotopic (exact) mass is 476 g/mol. The second kappa shape index (κ2) is 8.15. The first-order chi connectivity index (χ1) is 15.0. The number of sulfone groups is 1. The summed E-state index contributed by atoms with van der Waals surface area (Å²) in [5, 5.41) is 3.43. The molecule has 1 aromatic heterocycles. The molecule has 1 atom stereocenters. The highest BCUT2D eigenvalue weighted by atomic mass is 32.2. The van der Waals surface area contributed by atoms with Crippen molar-refractivity contribution in [2.75, 3.05) is 16.8 Å². The maximum absolute atomic E-state index is 12.6. The van der Waals surface area contributed by atoms with E-state index in [1.165, 1.54) is 30.3 Å². The maximum Gasteiger partial charge on any atom is 0.336 e. The zero-order valence-electron chi connectivity index (χ0n) is 17.0. The number of anilines is 1. The van der Waals surface area contributed by atoms with Crippen LogP contribution in [0.15, 0.2) is 62.6 Å². The Labute approximate surface area is 184 Å². The molecule has 0 bridgehead atoms. The molecule has 2 N–H and O–H groups in total. The molecule has 0 radical (unpaired) electrons. The Hall–Kier alpha value is -3.02. The van der Waals surface area contributed by atoms with Crippen molar-refractivity contribution in [3.63, 3.8) is 0 Å². The molecule has 4 rings (SSSR count). The first-order valence-corrected chi connectivity index (χ1v) is 13.0. The summed E-state index contributed by atoms with van der Waals surface area (Å²) in [6.07, 6.45) is 0.230. The van der Waals surface area contributed by atoms with Crippen LogP contribution in [0, 0.1) is 6.92 Å². The van der Waals surface area contributed by atoms with Gasteiger partial charge in [0.1, 0.15) is 5.58 Å². The molecule has 1 aliphatic heterocycles. The topological polar surface area (TPSA) is 140 Å². The van der Waals surface area contributed by atoms with Crippen molar-refractivity contribution in [3.05, 3.63) is 70.1 Å². The van der Waals surface area contributed by atoms with E-state index in [4.69, 9.17) is 4.42 Å². The van der Waals surface area contributed by atoms with E-state index in [1.807, 2.05) is 0 Å². The van der Waals surface area contributed by atoms with Gasteiger partial charge in [-0.1, -0.05) is 0 Å². The highest BCUT2D eigenvalue weighted by Crippen LogP contribution is 2.22. The molecule has 2 heterocycles. The quantitative estimate of drug-likeness (QED) is 0.535. The van der Waals surface area contributed by atoms with Gasteiger partial charge in [-0.2, -0.15) is 0 Å². The van der Waals surface area contributed by atoms with E-state index in [9.17, 15) is 26.4 Å². The fraction of sp³-hybridized carbons (Fsp3) is 0.238. The number of sulfonamides is 1. The number of hydrogen-bond donors (Lipinski definition) is 2. The van der Waals surface area contributed by atoms with E-state index in [0.29, 0.717) is 11.3 Å². The normalized spacial score (nSPS) is 18.0. The van der Waals surface area contributed by atoms with Crippen molar-refractivity contribution in [2.24, 2.45) is 0 Å². The number of carbonyl (C=O) groups excluding carboxylic acids is 1. The Morgan fingerprint density at radius 3 is 2.47 bits per heavy atom. The number of carbonyl (C=O) groups is 1. The molecule has 32 heavy (non-hydrogen) atoms. The number of hydrogen-bond acceptors (Lipinski definition) is 7. The van der Waals surface area contributed by atoms with Crippen molar-refractivity contribution < 1.29 is 26.0 Å². The molecule has 2 aromatic carbocycles. The molecule has 1 fully saturated rings. The second-order valence-corrected chi connectivity index (χ2v) is 11.6. The predicted molar refractivity (Wildman–Crippen MR) is 119 cm³/mol. The molecule has 11 heteroatoms. The van der Waals surface area contributed by atoms with Gasteiger partial charge < -0.3 is 9.73 Å². The molecule has 9 nitrogen and oxygen atoms in total. The van der Waals surface area contributed by atoms with Crippen molar-refractivity contribution in [3.8, 4) is 0 Å². The van der Waals surface area contributed by atoms with E-state index < -0.39 is 37.4 Å². The molecule has 3 aromatic rings. The highest BCUT2D eigenvalue weighted by Gasteiger charge is 2.31. The van der Waals surface area contributed by atoms with Crippen LogP contribution >= 0.6 is 0 Å². The third kappa shape index (κ3) is 4.74. The fourth-order valence-corrected chi connectivity index (χ4v) is 6.62. The lowest BCUT2D eigenvalue weighted by Gasteiger charge is -2.12. The number of amides is 1. The molecule has 168 valence electrons. The van der Waals surface area contributed by atoms with Crippen molar-refractivity contribution in [1.82, 2.24) is 4.72 Å². The van der Waals surface area contributed by atoms with Crippen LogP contribution in [0.1, 0.15) is 22.3 Å². The number of nitrogens with one attached hydrogen (secondary N) is 2. The van der Waals surface area contributed by atoms with Crippen LogP contribution in [0.5, 0.6) is 0 Å².